The van der Waals surface area contributed by atoms with E-state index in [2.05, 4.69) is 9.97 Å². The van der Waals surface area contributed by atoms with Gasteiger partial charge in [0, 0.05) is 5.92 Å². The zero-order chi connectivity index (χ0) is 28.4. The minimum absolute atomic E-state index is 0.0590. The molecule has 1 fully saturated rings. The Labute approximate surface area is 229 Å². The summed E-state index contributed by atoms with van der Waals surface area (Å²) in [6, 6.07) is 4.35. The van der Waals surface area contributed by atoms with Gasteiger partial charge in [0.2, 0.25) is 20.0 Å². The Kier molecular flexibility index (Phi) is 8.69. The van der Waals surface area contributed by atoms with Crippen molar-refractivity contribution in [3.63, 3.8) is 0 Å². The molecule has 1 saturated carbocycles. The molecule has 1 aliphatic rings. The van der Waals surface area contributed by atoms with Crippen molar-refractivity contribution in [2.24, 2.45) is 0 Å². The Balaban J connectivity index is 1.96. The van der Waals surface area contributed by atoms with Gasteiger partial charge in [0.1, 0.15) is 11.6 Å². The fraction of sp³-hybridized carbons (Fsp3) is 0.577. The van der Waals surface area contributed by atoms with Gasteiger partial charge in [0.15, 0.2) is 11.3 Å². The van der Waals surface area contributed by atoms with E-state index in [1.54, 1.807) is 25.3 Å². The number of H-pyrrole nitrogens is 1. The maximum absolute atomic E-state index is 13.3. The molecule has 13 heteroatoms. The Hall–Kier alpha value is -2.93. The van der Waals surface area contributed by atoms with Gasteiger partial charge in [0.05, 0.1) is 35.1 Å². The highest BCUT2D eigenvalue weighted by Crippen LogP contribution is 2.36. The van der Waals surface area contributed by atoms with Crippen molar-refractivity contribution in [2.75, 3.05) is 21.8 Å². The van der Waals surface area contributed by atoms with Crippen LogP contribution < -0.4 is 14.0 Å². The molecule has 214 valence electrons. The summed E-state index contributed by atoms with van der Waals surface area (Å²) in [5.74, 6) is 0.723. The molecule has 39 heavy (non-hydrogen) atoms. The minimum Gasteiger partial charge on any atom is -0.493 e. The topological polar surface area (TPSA) is 144 Å². The molecule has 0 radical (unpaired) electrons. The van der Waals surface area contributed by atoms with Crippen molar-refractivity contribution < 1.29 is 21.6 Å². The van der Waals surface area contributed by atoms with Gasteiger partial charge in [-0.05, 0) is 57.2 Å². The summed E-state index contributed by atoms with van der Waals surface area (Å²) in [5.41, 5.74) is 0.764. The molecule has 1 aliphatic carbocycles. The van der Waals surface area contributed by atoms with Crippen LogP contribution in [0.2, 0.25) is 0 Å². The molecule has 1 aromatic carbocycles. The van der Waals surface area contributed by atoms with Gasteiger partial charge in [0.25, 0.3) is 5.56 Å². The lowest BCUT2D eigenvalue weighted by Crippen LogP contribution is -2.39. The third-order valence-corrected chi connectivity index (χ3v) is 11.4. The zero-order valence-electron chi connectivity index (χ0n) is 22.9. The van der Waals surface area contributed by atoms with Crippen molar-refractivity contribution >= 4 is 31.3 Å². The molecule has 0 bridgehead atoms. The number of hydrogen-bond acceptors (Lipinski definition) is 8. The van der Waals surface area contributed by atoms with E-state index in [0.717, 1.165) is 31.5 Å². The Morgan fingerprint density at radius 1 is 1.03 bits per heavy atom. The Morgan fingerprint density at radius 3 is 2.26 bits per heavy atom. The molecule has 0 atom stereocenters. The van der Waals surface area contributed by atoms with E-state index in [1.165, 1.54) is 18.2 Å². The number of hydrogen-bond donors (Lipinski definition) is 1. The number of ether oxygens (including phenoxy) is 1. The average Bonchev–Trinajstić information content (AvgIpc) is 3.51. The van der Waals surface area contributed by atoms with Gasteiger partial charge >= 0.3 is 0 Å². The van der Waals surface area contributed by atoms with E-state index in [-0.39, 0.29) is 47.3 Å². The smallest absolute Gasteiger partial charge is 0.277 e. The average molecular weight is 580 g/mol. The lowest BCUT2D eigenvalue weighted by atomic mass is 10.1. The summed E-state index contributed by atoms with van der Waals surface area (Å²) >= 11 is 0. The lowest BCUT2D eigenvalue weighted by molar-refractivity contribution is 0.318. The first-order valence-electron chi connectivity index (χ1n) is 13.6. The maximum atomic E-state index is 13.3. The standard InChI is InChI=1S/C26H37N5O6S2/c1-5-14-37-22-13-12-20(31(38(33,34)15-6-2)39(35,36)16-7-3)17-21(22)24-28-26(32)23-18(4)27-25(30(23)29-24)19-10-8-9-11-19/h12-13,17,19H,5-11,14-16H2,1-4H3,(H,28,29,32). The highest BCUT2D eigenvalue weighted by molar-refractivity contribution is 8.10. The summed E-state index contributed by atoms with van der Waals surface area (Å²) in [5, 5.41) is 4.74. The first-order chi connectivity index (χ1) is 18.5. The van der Waals surface area contributed by atoms with E-state index >= 15 is 0 Å². The fourth-order valence-corrected chi connectivity index (χ4v) is 9.16. The number of benzene rings is 1. The molecule has 4 rings (SSSR count). The molecule has 0 saturated heterocycles. The van der Waals surface area contributed by atoms with E-state index in [1.807, 2.05) is 6.92 Å². The third kappa shape index (κ3) is 5.84. The monoisotopic (exact) mass is 579 g/mol. The Morgan fingerprint density at radius 2 is 1.67 bits per heavy atom. The van der Waals surface area contributed by atoms with Gasteiger partial charge in [-0.15, -0.1) is 5.10 Å². The number of rotatable bonds is 12. The van der Waals surface area contributed by atoms with Crippen LogP contribution in [0.1, 0.15) is 83.2 Å². The molecule has 3 aromatic rings. The number of nitrogens with zero attached hydrogens (tertiary/aromatic N) is 4. The maximum Gasteiger partial charge on any atom is 0.277 e. The van der Waals surface area contributed by atoms with E-state index < -0.39 is 25.6 Å². The normalized spacial score (nSPS) is 14.8. The van der Waals surface area contributed by atoms with Gasteiger partial charge in [-0.2, -0.15) is 3.71 Å². The van der Waals surface area contributed by atoms with E-state index in [4.69, 9.17) is 9.84 Å². The van der Waals surface area contributed by atoms with E-state index in [0.29, 0.717) is 33.7 Å². The number of aryl methyl sites for hydroxylation is 1. The highest BCUT2D eigenvalue weighted by Gasteiger charge is 2.34. The van der Waals surface area contributed by atoms with Crippen molar-refractivity contribution in [2.45, 2.75) is 78.6 Å². The molecule has 0 unspecified atom stereocenters. The lowest BCUT2D eigenvalue weighted by Gasteiger charge is -2.24. The summed E-state index contributed by atoms with van der Waals surface area (Å²) < 4.78 is 60.9. The van der Waals surface area contributed by atoms with Gasteiger partial charge in [-0.3, -0.25) is 4.79 Å². The number of aromatic nitrogens is 4. The summed E-state index contributed by atoms with van der Waals surface area (Å²) in [6.07, 6.45) is 5.30. The first-order valence-corrected chi connectivity index (χ1v) is 16.8. The van der Waals surface area contributed by atoms with Crippen LogP contribution in [0.15, 0.2) is 23.0 Å². The van der Waals surface area contributed by atoms with Crippen LogP contribution in [0.5, 0.6) is 5.75 Å². The zero-order valence-corrected chi connectivity index (χ0v) is 24.6. The van der Waals surface area contributed by atoms with Crippen LogP contribution in [-0.4, -0.2) is 54.5 Å². The number of nitrogens with one attached hydrogen (secondary N) is 1. The largest absolute Gasteiger partial charge is 0.493 e. The second-order valence-corrected chi connectivity index (χ2v) is 14.1. The van der Waals surface area contributed by atoms with Crippen LogP contribution in [-0.2, 0) is 20.0 Å². The fourth-order valence-electron chi connectivity index (χ4n) is 5.09. The number of fused-ring (bicyclic) bond motifs is 1. The number of aromatic amines is 1. The van der Waals surface area contributed by atoms with Crippen molar-refractivity contribution in [3.05, 3.63) is 40.1 Å². The summed E-state index contributed by atoms with van der Waals surface area (Å²) in [4.78, 5) is 20.7. The van der Waals surface area contributed by atoms with Crippen LogP contribution >= 0.6 is 0 Å². The molecule has 0 amide bonds. The molecule has 0 aliphatic heterocycles. The van der Waals surface area contributed by atoms with Crippen molar-refractivity contribution in [1.82, 2.24) is 19.6 Å². The van der Waals surface area contributed by atoms with Crippen LogP contribution in [0.25, 0.3) is 16.9 Å². The summed E-state index contributed by atoms with van der Waals surface area (Å²) in [7, 11) is -8.39. The molecule has 2 heterocycles. The number of anilines is 1. The van der Waals surface area contributed by atoms with Gasteiger partial charge < -0.3 is 9.72 Å². The number of sulfonamides is 2. The molecule has 11 nitrogen and oxygen atoms in total. The third-order valence-electron chi connectivity index (χ3n) is 6.74. The molecule has 2 aromatic heterocycles. The van der Waals surface area contributed by atoms with Crippen LogP contribution in [0.3, 0.4) is 0 Å². The number of imidazole rings is 1. The molecular formula is C26H37N5O6S2. The summed E-state index contributed by atoms with van der Waals surface area (Å²) in [6.45, 7) is 7.43. The van der Waals surface area contributed by atoms with Crippen LogP contribution in [0, 0.1) is 6.92 Å². The highest BCUT2D eigenvalue weighted by atomic mass is 32.3. The predicted molar refractivity (Wildman–Crippen MR) is 151 cm³/mol. The minimum atomic E-state index is -4.19. The second-order valence-electron chi connectivity index (χ2n) is 9.96. The Bertz CT molecular complexity index is 1570. The van der Waals surface area contributed by atoms with Crippen LogP contribution in [0.4, 0.5) is 5.69 Å². The molecular weight excluding hydrogens is 542 g/mol. The molecule has 0 spiro atoms. The quantitative estimate of drug-likeness (QED) is 0.337. The van der Waals surface area contributed by atoms with E-state index in [9.17, 15) is 21.6 Å². The SMILES string of the molecule is CCCOc1ccc(N(S(=O)(=O)CCC)S(=O)(=O)CCC)cc1-c1nn2c(C3CCCC3)nc(C)c2c(=O)[nH]1. The van der Waals surface area contributed by atoms with Crippen molar-refractivity contribution in [1.29, 1.82) is 0 Å². The molecule has 1 N–H and O–H groups in total. The van der Waals surface area contributed by atoms with Gasteiger partial charge in [-0.25, -0.2) is 26.3 Å². The van der Waals surface area contributed by atoms with Gasteiger partial charge in [-0.1, -0.05) is 33.6 Å². The predicted octanol–water partition coefficient (Wildman–Crippen LogP) is 4.13. The first kappa shape index (κ1) is 29.1. The second kappa shape index (κ2) is 11.7. The van der Waals surface area contributed by atoms with Crippen molar-refractivity contribution in [3.8, 4) is 17.1 Å².